The monoisotopic (exact) mass is 1380 g/mol. The maximum Gasteiger partial charge on any atom is 0.407 e. The van der Waals surface area contributed by atoms with Crippen molar-refractivity contribution in [2.45, 2.75) is 76.7 Å². The van der Waals surface area contributed by atoms with Crippen molar-refractivity contribution in [3.8, 4) is 17.2 Å². The molecular weight excluding hydrogens is 1310 g/mol. The van der Waals surface area contributed by atoms with E-state index in [1.54, 1.807) is 27.9 Å². The summed E-state index contributed by atoms with van der Waals surface area (Å²) in [6, 6.07) is 9.64. The fourth-order valence-corrected chi connectivity index (χ4v) is 11.5. The third-order valence-electron chi connectivity index (χ3n) is 16.2. The first-order valence-electron chi connectivity index (χ1n) is 29.7. The molecule has 3 saturated heterocycles. The van der Waals surface area contributed by atoms with Gasteiger partial charge in [-0.05, 0) is 26.3 Å². The molecule has 6 atom stereocenters. The SMILES string of the molecule is CCN1C(=O)c2c(O)c(=O)c(C(=O)NCc3c(F)cc(F)cc3F)cn2[C@@H]2COC[C@@H]21.CCN1C(=O)c2c(OC)c(=O)c(C(=O)OC)cn2[C@@H]2COC[C@@H]21.COC(=O)c1cn([C@@H]2COC[C@@H]2NC(=O)OCc2ccccc2)c(C)c(OC)c1=O.NCc1c(F)cc(F)cc1F.O=C=O. The molecule has 34 heteroatoms. The second kappa shape index (κ2) is 33.3. The minimum Gasteiger partial charge on any atom is -0.503 e. The van der Waals surface area contributed by atoms with Gasteiger partial charge in [0.05, 0.1) is 110 Å². The number of nitrogens with one attached hydrogen (secondary N) is 2. The highest BCUT2D eigenvalue weighted by Crippen LogP contribution is 2.37. The highest BCUT2D eigenvalue weighted by molar-refractivity contribution is 6.00. The zero-order valence-corrected chi connectivity index (χ0v) is 53.5. The van der Waals surface area contributed by atoms with Gasteiger partial charge in [0.1, 0.15) is 58.2 Å². The zero-order valence-electron chi connectivity index (χ0n) is 53.5. The summed E-state index contributed by atoms with van der Waals surface area (Å²) in [5.74, 6) is -10.7. The molecule has 3 aromatic carbocycles. The number of ether oxygens (including phenoxy) is 8. The van der Waals surface area contributed by atoms with E-state index in [0.29, 0.717) is 56.3 Å². The fourth-order valence-electron chi connectivity index (χ4n) is 11.5. The number of hydrogen-bond acceptors (Lipinski definition) is 21. The highest BCUT2D eigenvalue weighted by Gasteiger charge is 2.47. The Morgan fingerprint density at radius 1 is 0.602 bits per heavy atom. The molecule has 0 spiro atoms. The summed E-state index contributed by atoms with van der Waals surface area (Å²) in [5, 5.41) is 15.4. The number of benzene rings is 3. The predicted octanol–water partition coefficient (Wildman–Crippen LogP) is 4.17. The number of nitrogens with zero attached hydrogens (tertiary/aromatic N) is 5. The number of methoxy groups -OCH3 is 4. The van der Waals surface area contributed by atoms with Gasteiger partial charge in [-0.15, -0.1) is 0 Å². The molecule has 5 aliphatic rings. The Labute approximate surface area is 552 Å². The summed E-state index contributed by atoms with van der Waals surface area (Å²) in [6.07, 6.45) is 3.60. The lowest BCUT2D eigenvalue weighted by atomic mass is 10.0. The molecule has 8 heterocycles. The number of nitrogens with two attached hydrogens (primary N) is 1. The van der Waals surface area contributed by atoms with Gasteiger partial charge in [0.25, 0.3) is 17.7 Å². The average molecular weight is 1380 g/mol. The van der Waals surface area contributed by atoms with Gasteiger partial charge in [-0.25, -0.2) is 40.7 Å². The van der Waals surface area contributed by atoms with Crippen LogP contribution in [0.25, 0.3) is 0 Å². The molecule has 3 fully saturated rings. The van der Waals surface area contributed by atoms with Gasteiger partial charge in [-0.1, -0.05) is 30.3 Å². The molecular formula is C64H66F6N8O20. The Morgan fingerprint density at radius 3 is 1.53 bits per heavy atom. The summed E-state index contributed by atoms with van der Waals surface area (Å²) < 4.78 is 124. The quantitative estimate of drug-likeness (QED) is 0.0675. The van der Waals surface area contributed by atoms with Crippen LogP contribution in [0.1, 0.15) is 106 Å². The lowest BCUT2D eigenvalue weighted by molar-refractivity contribution is -0.191. The van der Waals surface area contributed by atoms with Gasteiger partial charge in [0.15, 0.2) is 28.6 Å². The lowest BCUT2D eigenvalue weighted by Gasteiger charge is -2.38. The second-order valence-electron chi connectivity index (χ2n) is 21.6. The first-order valence-corrected chi connectivity index (χ1v) is 29.7. The van der Waals surface area contributed by atoms with Crippen LogP contribution in [0.4, 0.5) is 31.1 Å². The van der Waals surface area contributed by atoms with Crippen molar-refractivity contribution in [2.24, 2.45) is 5.73 Å². The van der Waals surface area contributed by atoms with Gasteiger partial charge in [-0.2, -0.15) is 9.59 Å². The molecule has 0 bridgehead atoms. The topological polar surface area (TPSA) is 353 Å². The Bertz CT molecular complexity index is 4180. The third kappa shape index (κ3) is 15.9. The Hall–Kier alpha value is -10.7. The molecule has 6 aromatic rings. The summed E-state index contributed by atoms with van der Waals surface area (Å²) in [6.45, 7) is 7.21. The molecule has 98 heavy (non-hydrogen) atoms. The number of alkyl carbamates (subject to hydrolysis) is 1. The number of aromatic nitrogens is 3. The Balaban J connectivity index is 0.000000190. The fraction of sp³-hybridized carbons (Fsp3) is 0.375. The van der Waals surface area contributed by atoms with E-state index in [2.05, 4.69) is 15.4 Å². The Morgan fingerprint density at radius 2 is 1.04 bits per heavy atom. The van der Waals surface area contributed by atoms with Gasteiger partial charge >= 0.3 is 24.2 Å². The Kier molecular flexibility index (Phi) is 25.4. The van der Waals surface area contributed by atoms with Crippen LogP contribution in [0.3, 0.4) is 0 Å². The molecule has 5 N–H and O–H groups in total. The van der Waals surface area contributed by atoms with Crippen LogP contribution in [0.15, 0.2) is 87.6 Å². The van der Waals surface area contributed by atoms with Crippen LogP contribution in [-0.2, 0) is 57.7 Å². The first kappa shape index (κ1) is 74.7. The zero-order chi connectivity index (χ0) is 72.0. The van der Waals surface area contributed by atoms with Crippen LogP contribution in [0, 0.1) is 41.8 Å². The lowest BCUT2D eigenvalue weighted by Crippen LogP contribution is -2.51. The van der Waals surface area contributed by atoms with Gasteiger partial charge in [0, 0.05) is 80.2 Å². The van der Waals surface area contributed by atoms with E-state index < -0.39 is 117 Å². The smallest absolute Gasteiger partial charge is 0.407 e. The third-order valence-corrected chi connectivity index (χ3v) is 16.2. The minimum absolute atomic E-state index is 0.0372. The van der Waals surface area contributed by atoms with Crippen LogP contribution in [-0.4, -0.2) is 170 Å². The van der Waals surface area contributed by atoms with Crippen molar-refractivity contribution in [1.29, 1.82) is 0 Å². The van der Waals surface area contributed by atoms with E-state index in [0.717, 1.165) is 11.8 Å². The summed E-state index contributed by atoms with van der Waals surface area (Å²) in [5.41, 5.74) is 2.30. The number of pyridine rings is 3. The van der Waals surface area contributed by atoms with Crippen molar-refractivity contribution >= 4 is 41.9 Å². The molecule has 0 radical (unpaired) electrons. The van der Waals surface area contributed by atoms with Gasteiger partial charge in [0.2, 0.25) is 16.3 Å². The summed E-state index contributed by atoms with van der Waals surface area (Å²) >= 11 is 0. The van der Waals surface area contributed by atoms with Crippen LogP contribution < -0.4 is 42.1 Å². The van der Waals surface area contributed by atoms with E-state index in [9.17, 15) is 74.6 Å². The number of amides is 4. The number of hydrogen-bond donors (Lipinski definition) is 4. The number of carbonyl (C=O) groups is 6. The van der Waals surface area contributed by atoms with E-state index in [-0.39, 0.29) is 115 Å². The molecule has 0 saturated carbocycles. The molecule has 0 unspecified atom stereocenters. The molecule has 4 amide bonds. The van der Waals surface area contributed by atoms with E-state index in [1.165, 1.54) is 50.3 Å². The number of halogens is 6. The normalized spacial score (nSPS) is 18.3. The van der Waals surface area contributed by atoms with E-state index in [4.69, 9.17) is 48.5 Å². The average Bonchev–Trinajstić information content (AvgIpc) is 1.41. The number of esters is 2. The standard InChI is InChI=1S/C21H24N2O7.C20H18F3N3O5.C15H18N2O6.C7H6F3N.CO2/c1-13-19(27-2)18(24)15(20(25)28-3)9-23(13)17-12-29-11-16(17)22-21(26)30-10-14-7-5-4-6-8-14;1-2-25-14-7-31-8-15(14)26-6-11(17(27)18(28)16(26)20(25)30)19(29)24-5-10-12(22)3-9(21)4-13(10)23;1-4-16-9-6-23-7-10(9)17-5-8(15(20)22-3)12(18)13(21-2)11(17)14(16)19;8-4-1-6(9)5(3-11)7(10)2-4;2-1-3/h4-9,16-17H,10-12H2,1-3H3,(H,22,26);3-4,6,14-15,28H,2,5,7-8H2,1H3,(H,24,29);5,9-10H,4,6-7H2,1-3H3;1-2H,3,11H2;/t16-,17+;14-,15+;9-,10+;;/m000../s1. The molecule has 524 valence electrons. The number of fused-ring (bicyclic) bond motifs is 6. The minimum atomic E-state index is -1.20. The predicted molar refractivity (Wildman–Crippen MR) is 325 cm³/mol. The number of aromatic hydroxyl groups is 1. The van der Waals surface area contributed by atoms with Crippen LogP contribution in [0.2, 0.25) is 0 Å². The molecule has 3 aromatic heterocycles. The van der Waals surface area contributed by atoms with Gasteiger partial charge in [-0.3, -0.25) is 28.8 Å². The molecule has 11 rings (SSSR count). The van der Waals surface area contributed by atoms with Crippen molar-refractivity contribution in [3.63, 3.8) is 0 Å². The van der Waals surface area contributed by atoms with Gasteiger partial charge < -0.3 is 82.9 Å². The number of rotatable bonds is 14. The molecule has 0 aliphatic carbocycles. The first-order chi connectivity index (χ1) is 46.8. The van der Waals surface area contributed by atoms with Crippen LogP contribution in [0.5, 0.6) is 17.2 Å². The summed E-state index contributed by atoms with van der Waals surface area (Å²) in [4.78, 5) is 131. The van der Waals surface area contributed by atoms with Crippen molar-refractivity contribution < 1.29 is 108 Å². The number of carbonyl (C=O) groups excluding carboxylic acids is 8. The second-order valence-corrected chi connectivity index (χ2v) is 21.6. The molecule has 5 aliphatic heterocycles. The van der Waals surface area contributed by atoms with Crippen molar-refractivity contribution in [2.75, 3.05) is 81.2 Å². The summed E-state index contributed by atoms with van der Waals surface area (Å²) in [7, 11) is 5.06. The molecule has 28 nitrogen and oxygen atoms in total. The highest BCUT2D eigenvalue weighted by atomic mass is 19.2. The van der Waals surface area contributed by atoms with Crippen molar-refractivity contribution in [3.05, 3.63) is 189 Å². The largest absolute Gasteiger partial charge is 0.503 e. The maximum atomic E-state index is 13.8. The number of likely N-dealkylation sites (N-methyl/N-ethyl adjacent to an activating group) is 2. The van der Waals surface area contributed by atoms with E-state index >= 15 is 0 Å². The van der Waals surface area contributed by atoms with Crippen LogP contribution >= 0.6 is 0 Å². The van der Waals surface area contributed by atoms with E-state index in [1.807, 2.05) is 37.3 Å². The maximum absolute atomic E-state index is 13.8. The van der Waals surface area contributed by atoms with Crippen molar-refractivity contribution in [1.82, 2.24) is 34.1 Å².